The number of amides is 1. The van der Waals surface area contributed by atoms with Crippen molar-refractivity contribution in [2.24, 2.45) is 5.92 Å². The van der Waals surface area contributed by atoms with Crippen LogP contribution in [0.2, 0.25) is 0 Å². The highest BCUT2D eigenvalue weighted by molar-refractivity contribution is 7.99. The minimum Gasteiger partial charge on any atom is -0.355 e. The molecule has 0 aliphatic rings. The van der Waals surface area contributed by atoms with Crippen molar-refractivity contribution in [2.75, 3.05) is 12.3 Å². The molecule has 0 heterocycles. The van der Waals surface area contributed by atoms with Crippen LogP contribution in [0.1, 0.15) is 31.4 Å². The molecule has 1 amide bonds. The van der Waals surface area contributed by atoms with Crippen molar-refractivity contribution in [3.8, 4) is 6.07 Å². The highest BCUT2D eigenvalue weighted by Gasteiger charge is 2.02. The van der Waals surface area contributed by atoms with Crippen LogP contribution in [0.5, 0.6) is 0 Å². The lowest BCUT2D eigenvalue weighted by molar-refractivity contribution is -0.118. The molecule has 0 aliphatic carbocycles. The number of hydrogen-bond donors (Lipinski definition) is 1. The van der Waals surface area contributed by atoms with E-state index in [-0.39, 0.29) is 5.91 Å². The normalized spacial score (nSPS) is 10.2. The first-order chi connectivity index (χ1) is 9.11. The second-order valence-electron chi connectivity index (χ2n) is 4.84. The Morgan fingerprint density at radius 3 is 2.95 bits per heavy atom. The minimum atomic E-state index is 0.0853. The van der Waals surface area contributed by atoms with Crippen molar-refractivity contribution in [1.29, 1.82) is 5.26 Å². The van der Waals surface area contributed by atoms with Crippen LogP contribution in [-0.4, -0.2) is 18.2 Å². The van der Waals surface area contributed by atoms with E-state index in [4.69, 9.17) is 5.26 Å². The van der Waals surface area contributed by atoms with Gasteiger partial charge in [-0.05, 0) is 30.0 Å². The van der Waals surface area contributed by atoms with E-state index >= 15 is 0 Å². The van der Waals surface area contributed by atoms with E-state index in [0.29, 0.717) is 17.2 Å². The summed E-state index contributed by atoms with van der Waals surface area (Å²) in [6.07, 6.45) is 1.01. The van der Waals surface area contributed by atoms with Crippen LogP contribution in [0.3, 0.4) is 0 Å². The van der Waals surface area contributed by atoms with Crippen LogP contribution in [0.15, 0.2) is 24.3 Å². The van der Waals surface area contributed by atoms with E-state index in [1.807, 2.05) is 18.2 Å². The fourth-order valence-corrected chi connectivity index (χ4v) is 2.35. The molecule has 0 atom stereocenters. The highest BCUT2D eigenvalue weighted by atomic mass is 32.2. The topological polar surface area (TPSA) is 52.9 Å². The smallest absolute Gasteiger partial charge is 0.230 e. The molecule has 0 radical (unpaired) electrons. The molecule has 4 heteroatoms. The van der Waals surface area contributed by atoms with Gasteiger partial charge in [-0.25, -0.2) is 0 Å². The first-order valence-corrected chi connectivity index (χ1v) is 7.60. The third-order valence-corrected chi connectivity index (χ3v) is 3.61. The summed E-state index contributed by atoms with van der Waals surface area (Å²) in [7, 11) is 0. The average Bonchev–Trinajstić information content (AvgIpc) is 2.38. The van der Waals surface area contributed by atoms with Gasteiger partial charge in [0.2, 0.25) is 5.91 Å². The zero-order chi connectivity index (χ0) is 14.1. The number of nitrogens with one attached hydrogen (secondary N) is 1. The van der Waals surface area contributed by atoms with Crippen LogP contribution in [0, 0.1) is 17.2 Å². The van der Waals surface area contributed by atoms with Gasteiger partial charge in [0.05, 0.1) is 17.4 Å². The van der Waals surface area contributed by atoms with Gasteiger partial charge >= 0.3 is 0 Å². The number of nitriles is 1. The van der Waals surface area contributed by atoms with E-state index in [1.165, 1.54) is 0 Å². The lowest BCUT2D eigenvalue weighted by Gasteiger charge is -2.07. The van der Waals surface area contributed by atoms with Gasteiger partial charge in [-0.2, -0.15) is 5.26 Å². The molecule has 1 aromatic carbocycles. The number of hydrogen-bond acceptors (Lipinski definition) is 3. The van der Waals surface area contributed by atoms with E-state index in [1.54, 1.807) is 17.8 Å². The van der Waals surface area contributed by atoms with Gasteiger partial charge in [-0.15, -0.1) is 11.8 Å². The van der Waals surface area contributed by atoms with Crippen LogP contribution < -0.4 is 5.32 Å². The van der Waals surface area contributed by atoms with Gasteiger partial charge in [0.25, 0.3) is 0 Å². The second kappa shape index (κ2) is 8.60. The Kier molecular flexibility index (Phi) is 7.06. The Morgan fingerprint density at radius 1 is 1.47 bits per heavy atom. The molecule has 1 rings (SSSR count). The van der Waals surface area contributed by atoms with E-state index in [2.05, 4.69) is 25.2 Å². The summed E-state index contributed by atoms with van der Waals surface area (Å²) in [6.45, 7) is 5.03. The van der Waals surface area contributed by atoms with Gasteiger partial charge < -0.3 is 5.32 Å². The largest absolute Gasteiger partial charge is 0.355 e. The molecule has 102 valence electrons. The van der Waals surface area contributed by atoms with Gasteiger partial charge in [0.1, 0.15) is 0 Å². The summed E-state index contributed by atoms with van der Waals surface area (Å²) in [6, 6.07) is 9.61. The Morgan fingerprint density at radius 2 is 2.26 bits per heavy atom. The molecular weight excluding hydrogens is 256 g/mol. The molecule has 1 N–H and O–H groups in total. The SMILES string of the molecule is CC(C)CCNC(=O)CSCc1cccc(C#N)c1. The van der Waals surface area contributed by atoms with Crippen LogP contribution in [-0.2, 0) is 10.5 Å². The standard InChI is InChI=1S/C15H20N2OS/c1-12(2)6-7-17-15(18)11-19-10-14-5-3-4-13(8-14)9-16/h3-5,8,12H,6-7,10-11H2,1-2H3,(H,17,18). The molecular formula is C15H20N2OS. The number of nitrogens with zero attached hydrogens (tertiary/aromatic N) is 1. The summed E-state index contributed by atoms with van der Waals surface area (Å²) in [5.74, 6) is 1.92. The molecule has 0 unspecified atom stereocenters. The number of thioether (sulfide) groups is 1. The Bertz CT molecular complexity index is 452. The average molecular weight is 276 g/mol. The van der Waals surface area contributed by atoms with Crippen molar-refractivity contribution >= 4 is 17.7 Å². The maximum atomic E-state index is 11.6. The van der Waals surface area contributed by atoms with Gasteiger partial charge in [-0.1, -0.05) is 26.0 Å². The predicted molar refractivity (Wildman–Crippen MR) is 79.8 cm³/mol. The van der Waals surface area contributed by atoms with Crippen LogP contribution >= 0.6 is 11.8 Å². The van der Waals surface area contributed by atoms with E-state index in [9.17, 15) is 4.79 Å². The maximum Gasteiger partial charge on any atom is 0.230 e. The fraction of sp³-hybridized carbons (Fsp3) is 0.467. The summed E-state index contributed by atoms with van der Waals surface area (Å²) in [5, 5.41) is 11.7. The predicted octanol–water partition coefficient (Wildman–Crippen LogP) is 2.95. The molecule has 1 aromatic rings. The molecule has 0 saturated carbocycles. The molecule has 3 nitrogen and oxygen atoms in total. The van der Waals surface area contributed by atoms with Crippen molar-refractivity contribution in [3.63, 3.8) is 0 Å². The molecule has 0 fully saturated rings. The number of rotatable bonds is 7. The van der Waals surface area contributed by atoms with Crippen molar-refractivity contribution < 1.29 is 4.79 Å². The Labute approximate surface area is 119 Å². The molecule has 0 aromatic heterocycles. The highest BCUT2D eigenvalue weighted by Crippen LogP contribution is 2.13. The zero-order valence-electron chi connectivity index (χ0n) is 11.5. The monoisotopic (exact) mass is 276 g/mol. The van der Waals surface area contributed by atoms with Crippen LogP contribution in [0.4, 0.5) is 0 Å². The summed E-state index contributed by atoms with van der Waals surface area (Å²) >= 11 is 1.57. The quantitative estimate of drug-likeness (QED) is 0.833. The molecule has 0 saturated heterocycles. The first-order valence-electron chi connectivity index (χ1n) is 6.45. The lowest BCUT2D eigenvalue weighted by Crippen LogP contribution is -2.26. The Balaban J connectivity index is 2.22. The van der Waals surface area contributed by atoms with Crippen LogP contribution in [0.25, 0.3) is 0 Å². The molecule has 19 heavy (non-hydrogen) atoms. The minimum absolute atomic E-state index is 0.0853. The second-order valence-corrected chi connectivity index (χ2v) is 5.82. The van der Waals surface area contributed by atoms with Gasteiger partial charge in [0.15, 0.2) is 0 Å². The zero-order valence-corrected chi connectivity index (χ0v) is 12.3. The van der Waals surface area contributed by atoms with E-state index < -0.39 is 0 Å². The third kappa shape index (κ3) is 6.88. The maximum absolute atomic E-state index is 11.6. The van der Waals surface area contributed by atoms with E-state index in [0.717, 1.165) is 24.3 Å². The molecule has 0 spiro atoms. The number of benzene rings is 1. The molecule has 0 aliphatic heterocycles. The molecule has 0 bridgehead atoms. The van der Waals surface area contributed by atoms with Crippen molar-refractivity contribution in [2.45, 2.75) is 26.0 Å². The first kappa shape index (κ1) is 15.6. The lowest BCUT2D eigenvalue weighted by atomic mass is 10.1. The van der Waals surface area contributed by atoms with Crippen molar-refractivity contribution in [3.05, 3.63) is 35.4 Å². The summed E-state index contributed by atoms with van der Waals surface area (Å²) < 4.78 is 0. The summed E-state index contributed by atoms with van der Waals surface area (Å²) in [5.41, 5.74) is 1.75. The Hall–Kier alpha value is -1.47. The number of carbonyl (C=O) groups excluding carboxylic acids is 1. The van der Waals surface area contributed by atoms with Gasteiger partial charge in [0, 0.05) is 12.3 Å². The van der Waals surface area contributed by atoms with Gasteiger partial charge in [-0.3, -0.25) is 4.79 Å². The third-order valence-electron chi connectivity index (χ3n) is 2.60. The van der Waals surface area contributed by atoms with Crippen molar-refractivity contribution in [1.82, 2.24) is 5.32 Å². The number of carbonyl (C=O) groups is 1. The fourth-order valence-electron chi connectivity index (χ4n) is 1.54. The summed E-state index contributed by atoms with van der Waals surface area (Å²) in [4.78, 5) is 11.6.